The van der Waals surface area contributed by atoms with E-state index >= 15 is 0 Å². The lowest BCUT2D eigenvalue weighted by Crippen LogP contribution is -2.59. The summed E-state index contributed by atoms with van der Waals surface area (Å²) in [7, 11) is 0. The van der Waals surface area contributed by atoms with Crippen LogP contribution in [0.3, 0.4) is 0 Å². The fourth-order valence-corrected chi connectivity index (χ4v) is 10.6. The second-order valence-electron chi connectivity index (χ2n) is 18.5. The molecule has 0 radical (unpaired) electrons. The standard InChI is InChI=1S/C53H54N8O6/c1-6-35-21-39-40(28-63)50-37-16-14-34(23-54)20-43(37)58-52(50)53(4,5)41(39)22-46(35)59-24-32(2)60(33(3)25-59)26-49(67)56-19-10-8-7-9-18-55-42-13-11-12-38-47(30-65)61(48(31-66)51(38)42)45-17-15-36(27-62)57-44(45)29-64/h11-14,16,20-22,32-33,45,55,57-58H,6-10,15,17-19,24-26H2,1-5H3,(H,56,67). The molecule has 1 amide bonds. The number of aromatic nitrogens is 2. The Hall–Kier alpha value is -7.43. The average Bonchev–Trinajstić information content (AvgIpc) is 3.89. The van der Waals surface area contributed by atoms with Crippen molar-refractivity contribution in [1.82, 2.24) is 25.1 Å². The van der Waals surface area contributed by atoms with E-state index < -0.39 is 11.5 Å². The zero-order chi connectivity index (χ0) is 47.6. The van der Waals surface area contributed by atoms with Crippen LogP contribution >= 0.6 is 0 Å². The lowest BCUT2D eigenvalue weighted by molar-refractivity contribution is -0.123. The van der Waals surface area contributed by atoms with Gasteiger partial charge in [-0.3, -0.25) is 9.69 Å². The molecule has 0 bridgehead atoms. The average molecular weight is 899 g/mol. The smallest absolute Gasteiger partial charge is 0.234 e. The van der Waals surface area contributed by atoms with E-state index in [0.29, 0.717) is 47.2 Å². The minimum Gasteiger partial charge on any atom is -0.384 e. The molecule has 4 heterocycles. The maximum atomic E-state index is 13.3. The summed E-state index contributed by atoms with van der Waals surface area (Å²) in [5.74, 6) is 9.81. The number of nitrogens with zero attached hydrogens (tertiary/aromatic N) is 4. The first-order chi connectivity index (χ1) is 32.4. The first-order valence-corrected chi connectivity index (χ1v) is 23.1. The molecule has 5 aromatic rings. The summed E-state index contributed by atoms with van der Waals surface area (Å²) in [6.07, 6.45) is 4.81. The molecule has 14 heteroatoms. The van der Waals surface area contributed by atoms with Gasteiger partial charge in [-0.2, -0.15) is 5.26 Å². The minimum atomic E-state index is -0.730. The molecular weight excluding hydrogens is 845 g/mol. The van der Waals surface area contributed by atoms with E-state index in [4.69, 9.17) is 0 Å². The number of aromatic amines is 1. The van der Waals surface area contributed by atoms with Crippen LogP contribution in [-0.2, 0) is 40.6 Å². The quantitative estimate of drug-likeness (QED) is 0.0962. The maximum Gasteiger partial charge on any atom is 0.234 e. The molecule has 2 aliphatic heterocycles. The third-order valence-corrected chi connectivity index (χ3v) is 14.0. The van der Waals surface area contributed by atoms with Gasteiger partial charge in [0.1, 0.15) is 39.9 Å². The molecule has 4 N–H and O–H groups in total. The monoisotopic (exact) mass is 898 g/mol. The van der Waals surface area contributed by atoms with Crippen molar-refractivity contribution in [3.05, 3.63) is 104 Å². The van der Waals surface area contributed by atoms with Gasteiger partial charge in [-0.25, -0.2) is 24.0 Å². The van der Waals surface area contributed by atoms with Crippen LogP contribution in [0, 0.1) is 11.3 Å². The van der Waals surface area contributed by atoms with Crippen molar-refractivity contribution in [1.29, 1.82) is 5.26 Å². The molecule has 3 aromatic carbocycles. The normalized spacial score (nSPS) is 18.7. The molecule has 8 rings (SSSR count). The Bertz CT molecular complexity index is 3190. The Labute approximate surface area is 388 Å². The molecule has 2 aromatic heterocycles. The predicted octanol–water partition coefficient (Wildman–Crippen LogP) is 4.51. The Morgan fingerprint density at radius 1 is 0.866 bits per heavy atom. The Morgan fingerprint density at radius 3 is 2.28 bits per heavy atom. The van der Waals surface area contributed by atoms with Crippen molar-refractivity contribution in [2.45, 2.75) is 103 Å². The minimum absolute atomic E-state index is 0.00188. The first-order valence-electron chi connectivity index (χ1n) is 23.1. The van der Waals surface area contributed by atoms with E-state index in [9.17, 15) is 34.0 Å². The van der Waals surface area contributed by atoms with Crippen LogP contribution in [0.1, 0.15) is 113 Å². The van der Waals surface area contributed by atoms with E-state index in [0.717, 1.165) is 89.7 Å². The molecule has 14 nitrogen and oxygen atoms in total. The molecule has 0 spiro atoms. The van der Waals surface area contributed by atoms with Gasteiger partial charge < -0.3 is 30.4 Å². The van der Waals surface area contributed by atoms with Gasteiger partial charge >= 0.3 is 0 Å². The molecule has 2 saturated heterocycles. The van der Waals surface area contributed by atoms with Crippen molar-refractivity contribution in [3.63, 3.8) is 0 Å². The molecule has 0 saturated carbocycles. The number of aryl methyl sites for hydroxylation is 1. The molecule has 3 aliphatic rings. The molecule has 2 fully saturated rings. The van der Waals surface area contributed by atoms with Crippen LogP contribution in [0.15, 0.2) is 59.9 Å². The SMILES string of the molecule is CCc1cc2c(cc1N1CC(C)N(CC(=O)NCCCCCCNc3cccc4c(=C=O)n(C5CCC(=C=O)NC5=C=O)c(=C=O)c34)C(C)C1)C(C)(C)c1[nH]c3cc(C#N)ccc3c1C2=C=O. The van der Waals surface area contributed by atoms with E-state index in [1.54, 1.807) is 24.1 Å². The lowest BCUT2D eigenvalue weighted by Gasteiger charge is -2.46. The largest absolute Gasteiger partial charge is 0.384 e. The van der Waals surface area contributed by atoms with Gasteiger partial charge in [-0.15, -0.1) is 0 Å². The highest BCUT2D eigenvalue weighted by Gasteiger charge is 2.40. The Balaban J connectivity index is 0.842. The van der Waals surface area contributed by atoms with Crippen LogP contribution in [0.25, 0.3) is 27.2 Å². The summed E-state index contributed by atoms with van der Waals surface area (Å²) < 4.78 is 1.46. The van der Waals surface area contributed by atoms with E-state index in [-0.39, 0.29) is 52.9 Å². The first kappa shape index (κ1) is 46.1. The summed E-state index contributed by atoms with van der Waals surface area (Å²) in [5, 5.41) is 20.9. The van der Waals surface area contributed by atoms with Crippen molar-refractivity contribution >= 4 is 74.2 Å². The number of nitrogens with one attached hydrogen (secondary N) is 4. The molecule has 67 heavy (non-hydrogen) atoms. The highest BCUT2D eigenvalue weighted by Crippen LogP contribution is 2.50. The zero-order valence-corrected chi connectivity index (χ0v) is 38.6. The third kappa shape index (κ3) is 8.38. The van der Waals surface area contributed by atoms with Crippen molar-refractivity contribution in [2.24, 2.45) is 0 Å². The number of unbranched alkanes of at least 4 members (excludes halogenated alkanes) is 3. The highest BCUT2D eigenvalue weighted by molar-refractivity contribution is 6.10. The van der Waals surface area contributed by atoms with Gasteiger partial charge in [0.15, 0.2) is 11.9 Å². The fraction of sp³-hybridized carbons (Fsp3) is 0.396. The second kappa shape index (κ2) is 19.2. The number of piperazine rings is 1. The van der Waals surface area contributed by atoms with Crippen LogP contribution in [-0.4, -0.2) is 94.9 Å². The summed E-state index contributed by atoms with van der Waals surface area (Å²) in [6.45, 7) is 13.8. The van der Waals surface area contributed by atoms with Crippen LogP contribution < -0.4 is 31.5 Å². The van der Waals surface area contributed by atoms with Crippen molar-refractivity contribution < 1.29 is 28.8 Å². The van der Waals surface area contributed by atoms with Gasteiger partial charge in [0.2, 0.25) is 5.91 Å². The number of fused-ring (bicyclic) bond motifs is 5. The number of piperidine rings is 1. The number of allylic oxidation sites excluding steroid dienone is 2. The van der Waals surface area contributed by atoms with E-state index in [1.165, 1.54) is 4.57 Å². The Kier molecular flexibility index (Phi) is 13.2. The summed E-state index contributed by atoms with van der Waals surface area (Å²) >= 11 is 0. The molecule has 1 aliphatic carbocycles. The number of rotatable bonds is 13. The van der Waals surface area contributed by atoms with Gasteiger partial charge in [0.05, 0.1) is 29.8 Å². The zero-order valence-electron chi connectivity index (χ0n) is 38.6. The molecule has 342 valence electrons. The summed E-state index contributed by atoms with van der Waals surface area (Å²) in [6, 6.07) is 17.0. The number of H-pyrrole nitrogens is 1. The van der Waals surface area contributed by atoms with Crippen LogP contribution in [0.4, 0.5) is 11.4 Å². The van der Waals surface area contributed by atoms with E-state index in [1.807, 2.05) is 36.0 Å². The van der Waals surface area contributed by atoms with Crippen LogP contribution in [0.2, 0.25) is 0 Å². The molecular formula is C53H54N8O6. The van der Waals surface area contributed by atoms with Gasteiger partial charge in [-0.05, 0) is 86.6 Å². The third-order valence-electron chi connectivity index (χ3n) is 14.0. The summed E-state index contributed by atoms with van der Waals surface area (Å²) in [5.41, 5.74) is 8.38. The van der Waals surface area contributed by atoms with Gasteiger partial charge in [0, 0.05) is 94.4 Å². The van der Waals surface area contributed by atoms with E-state index in [2.05, 4.69) is 89.5 Å². The molecule has 3 unspecified atom stereocenters. The van der Waals surface area contributed by atoms with Gasteiger partial charge in [-0.1, -0.05) is 51.8 Å². The Morgan fingerprint density at radius 2 is 1.61 bits per heavy atom. The van der Waals surface area contributed by atoms with Gasteiger partial charge in [0.25, 0.3) is 0 Å². The number of carbonyl (C=O) groups excluding carboxylic acids is 6. The fourth-order valence-electron chi connectivity index (χ4n) is 10.6. The molecule has 3 atom stereocenters. The topological polar surface area (TPSA) is 189 Å². The van der Waals surface area contributed by atoms with Crippen molar-refractivity contribution in [2.75, 3.05) is 42.9 Å². The number of amides is 1. The predicted molar refractivity (Wildman–Crippen MR) is 258 cm³/mol. The lowest BCUT2D eigenvalue weighted by atomic mass is 9.69. The number of nitriles is 1. The second-order valence-corrected chi connectivity index (χ2v) is 18.5. The number of hydrogen-bond acceptors (Lipinski definition) is 11. The number of benzene rings is 3. The maximum absolute atomic E-state index is 13.3. The number of hydrogen-bond donors (Lipinski definition) is 4. The number of anilines is 2. The highest BCUT2D eigenvalue weighted by atomic mass is 16.2. The summed E-state index contributed by atoms with van der Waals surface area (Å²) in [4.78, 5) is 82.1. The van der Waals surface area contributed by atoms with Crippen LogP contribution in [0.5, 0.6) is 0 Å². The van der Waals surface area contributed by atoms with Crippen molar-refractivity contribution in [3.8, 4) is 6.07 Å². The number of carbonyl (C=O) groups is 1.